The van der Waals surface area contributed by atoms with Crippen LogP contribution in [0.25, 0.3) is 0 Å². The molecule has 1 N–H and O–H groups in total. The number of nitrogens with one attached hydrogen (secondary N) is 1. The van der Waals surface area contributed by atoms with Crippen molar-refractivity contribution in [2.45, 2.75) is 36.6 Å². The molecule has 0 aromatic heterocycles. The zero-order valence-corrected chi connectivity index (χ0v) is 10.2. The van der Waals surface area contributed by atoms with Crippen LogP contribution in [-0.2, 0) is 14.8 Å². The first-order valence-electron chi connectivity index (χ1n) is 5.67. The summed E-state index contributed by atoms with van der Waals surface area (Å²) in [4.78, 5) is 11.3. The fourth-order valence-corrected chi connectivity index (χ4v) is 3.27. The Morgan fingerprint density at radius 1 is 1.06 bits per heavy atom. The van der Waals surface area contributed by atoms with E-state index in [9.17, 15) is 13.2 Å². The molecule has 0 amide bonds. The van der Waals surface area contributed by atoms with E-state index < -0.39 is 10.0 Å². The number of ketones is 1. The highest BCUT2D eigenvalue weighted by Crippen LogP contribution is 2.17. The average molecular weight is 253 g/mol. The SMILES string of the molecule is O=C1CCC(NS(=O)(=O)c2ccccc2)CC1. The molecule has 4 nitrogen and oxygen atoms in total. The highest BCUT2D eigenvalue weighted by molar-refractivity contribution is 7.89. The Kier molecular flexibility index (Phi) is 3.59. The minimum atomic E-state index is -3.44. The molecular formula is C12H15NO3S. The lowest BCUT2D eigenvalue weighted by Gasteiger charge is -2.21. The first-order valence-corrected chi connectivity index (χ1v) is 7.15. The number of Topliss-reactive ketones (excluding diaryl/α,β-unsaturated/α-hetero) is 1. The van der Waals surface area contributed by atoms with Crippen molar-refractivity contribution >= 4 is 15.8 Å². The summed E-state index contributed by atoms with van der Waals surface area (Å²) >= 11 is 0. The standard InChI is InChI=1S/C12H15NO3S/c14-11-8-6-10(7-9-11)13-17(15,16)12-4-2-1-3-5-12/h1-5,10,13H,6-9H2. The van der Waals surface area contributed by atoms with Crippen molar-refractivity contribution < 1.29 is 13.2 Å². The zero-order valence-electron chi connectivity index (χ0n) is 9.43. The van der Waals surface area contributed by atoms with Crippen LogP contribution in [0.2, 0.25) is 0 Å². The van der Waals surface area contributed by atoms with E-state index in [-0.39, 0.29) is 16.7 Å². The van der Waals surface area contributed by atoms with Crippen molar-refractivity contribution in [1.82, 2.24) is 4.72 Å². The molecule has 0 unspecified atom stereocenters. The van der Waals surface area contributed by atoms with E-state index in [1.165, 1.54) is 0 Å². The van der Waals surface area contributed by atoms with Gasteiger partial charge in [0.2, 0.25) is 10.0 Å². The minimum Gasteiger partial charge on any atom is -0.300 e. The number of hydrogen-bond acceptors (Lipinski definition) is 3. The van der Waals surface area contributed by atoms with Crippen LogP contribution in [0.4, 0.5) is 0 Å². The van der Waals surface area contributed by atoms with Crippen molar-refractivity contribution in [3.63, 3.8) is 0 Å². The van der Waals surface area contributed by atoms with Crippen molar-refractivity contribution in [2.75, 3.05) is 0 Å². The van der Waals surface area contributed by atoms with Crippen LogP contribution in [0.3, 0.4) is 0 Å². The number of carbonyl (C=O) groups excluding carboxylic acids is 1. The lowest BCUT2D eigenvalue weighted by molar-refractivity contribution is -0.120. The molecule has 0 saturated heterocycles. The third-order valence-corrected chi connectivity index (χ3v) is 4.46. The van der Waals surface area contributed by atoms with Gasteiger partial charge in [-0.1, -0.05) is 18.2 Å². The molecule has 0 spiro atoms. The maximum Gasteiger partial charge on any atom is 0.240 e. The largest absolute Gasteiger partial charge is 0.300 e. The minimum absolute atomic E-state index is 0.113. The highest BCUT2D eigenvalue weighted by Gasteiger charge is 2.24. The summed E-state index contributed by atoms with van der Waals surface area (Å²) in [5.41, 5.74) is 0. The molecule has 0 aliphatic heterocycles. The Bertz CT molecular complexity index is 486. The molecule has 1 aromatic rings. The summed E-state index contributed by atoms with van der Waals surface area (Å²) in [7, 11) is -3.44. The van der Waals surface area contributed by atoms with Gasteiger partial charge in [-0.2, -0.15) is 0 Å². The molecule has 1 aromatic carbocycles. The second-order valence-corrected chi connectivity index (χ2v) is 5.96. The van der Waals surface area contributed by atoms with Gasteiger partial charge in [0.05, 0.1) is 4.90 Å². The second-order valence-electron chi connectivity index (χ2n) is 4.25. The Balaban J connectivity index is 2.06. The van der Waals surface area contributed by atoms with Crippen LogP contribution >= 0.6 is 0 Å². The second kappa shape index (κ2) is 4.98. The van der Waals surface area contributed by atoms with Gasteiger partial charge in [-0.15, -0.1) is 0 Å². The Hall–Kier alpha value is -1.20. The van der Waals surface area contributed by atoms with E-state index in [1.807, 2.05) is 0 Å². The average Bonchev–Trinajstić information content (AvgIpc) is 2.33. The molecular weight excluding hydrogens is 238 g/mol. The first-order chi connectivity index (χ1) is 8.08. The van der Waals surface area contributed by atoms with Crippen molar-refractivity contribution in [1.29, 1.82) is 0 Å². The summed E-state index contributed by atoms with van der Waals surface area (Å²) in [5, 5.41) is 0. The fourth-order valence-electron chi connectivity index (χ4n) is 1.94. The van der Waals surface area contributed by atoms with Gasteiger partial charge in [-0.05, 0) is 25.0 Å². The molecule has 1 aliphatic rings. The highest BCUT2D eigenvalue weighted by atomic mass is 32.2. The van der Waals surface area contributed by atoms with Crippen LogP contribution in [0.1, 0.15) is 25.7 Å². The molecule has 1 fully saturated rings. The van der Waals surface area contributed by atoms with Crippen LogP contribution in [0, 0.1) is 0 Å². The van der Waals surface area contributed by atoms with Crippen LogP contribution < -0.4 is 4.72 Å². The third kappa shape index (κ3) is 3.14. The topological polar surface area (TPSA) is 63.2 Å². The van der Waals surface area contributed by atoms with Gasteiger partial charge in [0, 0.05) is 18.9 Å². The summed E-state index contributed by atoms with van der Waals surface area (Å²) in [6.45, 7) is 0. The van der Waals surface area contributed by atoms with Gasteiger partial charge in [0.1, 0.15) is 5.78 Å². The van der Waals surface area contributed by atoms with E-state index in [4.69, 9.17) is 0 Å². The molecule has 1 saturated carbocycles. The lowest BCUT2D eigenvalue weighted by atomic mass is 9.95. The Labute approximate surface area is 101 Å². The first kappa shape index (κ1) is 12.3. The summed E-state index contributed by atoms with van der Waals surface area (Å²) in [6, 6.07) is 8.18. The normalized spacial score (nSPS) is 18.2. The van der Waals surface area contributed by atoms with E-state index >= 15 is 0 Å². The Morgan fingerprint density at radius 2 is 1.65 bits per heavy atom. The van der Waals surface area contributed by atoms with Crippen molar-refractivity contribution in [3.8, 4) is 0 Å². The Morgan fingerprint density at radius 3 is 2.24 bits per heavy atom. The molecule has 1 aliphatic carbocycles. The van der Waals surface area contributed by atoms with Crippen LogP contribution in [0.5, 0.6) is 0 Å². The van der Waals surface area contributed by atoms with E-state index in [0.29, 0.717) is 25.7 Å². The number of sulfonamides is 1. The molecule has 2 rings (SSSR count). The summed E-state index contributed by atoms with van der Waals surface area (Å²) in [6.07, 6.45) is 2.15. The van der Waals surface area contributed by atoms with Gasteiger partial charge >= 0.3 is 0 Å². The molecule has 0 radical (unpaired) electrons. The molecule has 92 valence electrons. The number of hydrogen-bond donors (Lipinski definition) is 1. The predicted molar refractivity (Wildman–Crippen MR) is 64.0 cm³/mol. The van der Waals surface area contributed by atoms with Crippen molar-refractivity contribution in [2.24, 2.45) is 0 Å². The number of benzene rings is 1. The van der Waals surface area contributed by atoms with Gasteiger partial charge in [-0.25, -0.2) is 13.1 Å². The van der Waals surface area contributed by atoms with Gasteiger partial charge < -0.3 is 0 Å². The van der Waals surface area contributed by atoms with E-state index in [1.54, 1.807) is 30.3 Å². The zero-order chi connectivity index (χ0) is 12.3. The number of carbonyl (C=O) groups is 1. The van der Waals surface area contributed by atoms with Gasteiger partial charge in [0.25, 0.3) is 0 Å². The monoisotopic (exact) mass is 253 g/mol. The van der Waals surface area contributed by atoms with Gasteiger partial charge in [-0.3, -0.25) is 4.79 Å². The predicted octanol–water partition coefficient (Wildman–Crippen LogP) is 1.48. The summed E-state index contributed by atoms with van der Waals surface area (Å²) in [5.74, 6) is 0.222. The van der Waals surface area contributed by atoms with E-state index in [0.717, 1.165) is 0 Å². The molecule has 0 heterocycles. The quantitative estimate of drug-likeness (QED) is 0.887. The lowest BCUT2D eigenvalue weighted by Crippen LogP contribution is -2.37. The molecule has 0 atom stereocenters. The molecule has 5 heteroatoms. The van der Waals surface area contributed by atoms with E-state index in [2.05, 4.69) is 4.72 Å². The fraction of sp³-hybridized carbons (Fsp3) is 0.417. The van der Waals surface area contributed by atoms with Crippen LogP contribution in [0.15, 0.2) is 35.2 Å². The van der Waals surface area contributed by atoms with Gasteiger partial charge in [0.15, 0.2) is 0 Å². The molecule has 17 heavy (non-hydrogen) atoms. The van der Waals surface area contributed by atoms with Crippen molar-refractivity contribution in [3.05, 3.63) is 30.3 Å². The maximum atomic E-state index is 12.0. The maximum absolute atomic E-state index is 12.0. The summed E-state index contributed by atoms with van der Waals surface area (Å²) < 4.78 is 26.6. The number of rotatable bonds is 3. The smallest absolute Gasteiger partial charge is 0.240 e. The molecule has 0 bridgehead atoms. The third-order valence-electron chi connectivity index (χ3n) is 2.92. The van der Waals surface area contributed by atoms with Crippen LogP contribution in [-0.4, -0.2) is 20.2 Å².